The summed E-state index contributed by atoms with van der Waals surface area (Å²) in [6.45, 7) is 0. The van der Waals surface area contributed by atoms with Crippen LogP contribution in [0.4, 0.5) is 17.1 Å². The molecule has 0 aliphatic carbocycles. The Morgan fingerprint density at radius 2 is 0.580 bits per heavy atom. The second-order valence-electron chi connectivity index (χ2n) is 17.6. The highest BCUT2D eigenvalue weighted by atomic mass is 15.1. The Morgan fingerprint density at radius 1 is 0.188 bits per heavy atom. The molecule has 1 nitrogen and oxygen atoms in total. The number of benzene rings is 12. The lowest BCUT2D eigenvalue weighted by atomic mass is 9.83. The molecule has 0 unspecified atom stereocenters. The van der Waals surface area contributed by atoms with Crippen molar-refractivity contribution in [3.8, 4) is 77.9 Å². The molecule has 0 N–H and O–H groups in total. The molecule has 0 saturated carbocycles. The molecule has 0 atom stereocenters. The molecule has 12 rings (SSSR count). The molecule has 0 aliphatic heterocycles. The van der Waals surface area contributed by atoms with Gasteiger partial charge in [0.2, 0.25) is 0 Å². The number of hydrogen-bond acceptors (Lipinski definition) is 1. The zero-order valence-electron chi connectivity index (χ0n) is 38.1. The minimum atomic E-state index is 1.08. The summed E-state index contributed by atoms with van der Waals surface area (Å²) in [6, 6.07) is 104. The van der Waals surface area contributed by atoms with Gasteiger partial charge in [-0.2, -0.15) is 0 Å². The lowest BCUT2D eigenvalue weighted by Gasteiger charge is -2.27. The van der Waals surface area contributed by atoms with Crippen LogP contribution >= 0.6 is 0 Å². The van der Waals surface area contributed by atoms with Crippen LogP contribution in [0.15, 0.2) is 285 Å². The molecule has 324 valence electrons. The Labute approximate surface area is 404 Å². The van der Waals surface area contributed by atoms with Crippen molar-refractivity contribution in [1.29, 1.82) is 0 Å². The van der Waals surface area contributed by atoms with Crippen molar-refractivity contribution in [3.05, 3.63) is 285 Å². The zero-order chi connectivity index (χ0) is 45.9. The van der Waals surface area contributed by atoms with Gasteiger partial charge in [-0.05, 0) is 142 Å². The van der Waals surface area contributed by atoms with Crippen molar-refractivity contribution < 1.29 is 0 Å². The van der Waals surface area contributed by atoms with Crippen molar-refractivity contribution in [2.45, 2.75) is 0 Å². The summed E-state index contributed by atoms with van der Waals surface area (Å²) in [6.07, 6.45) is 0. The summed E-state index contributed by atoms with van der Waals surface area (Å²) < 4.78 is 0. The van der Waals surface area contributed by atoms with E-state index in [1.54, 1.807) is 0 Å². The quantitative estimate of drug-likeness (QED) is 0.124. The van der Waals surface area contributed by atoms with Gasteiger partial charge < -0.3 is 4.90 Å². The van der Waals surface area contributed by atoms with Gasteiger partial charge in [-0.1, -0.05) is 243 Å². The van der Waals surface area contributed by atoms with Crippen molar-refractivity contribution in [2.24, 2.45) is 0 Å². The summed E-state index contributed by atoms with van der Waals surface area (Å²) in [7, 11) is 0. The fourth-order valence-electron chi connectivity index (χ4n) is 10.2. The second kappa shape index (κ2) is 18.3. The van der Waals surface area contributed by atoms with Crippen molar-refractivity contribution in [1.82, 2.24) is 0 Å². The highest BCUT2D eigenvalue weighted by Crippen LogP contribution is 2.48. The molecule has 0 spiro atoms. The second-order valence-corrected chi connectivity index (χ2v) is 17.6. The molecule has 1 heteroatoms. The first-order valence-corrected chi connectivity index (χ1v) is 23.7. The minimum absolute atomic E-state index is 1.08. The van der Waals surface area contributed by atoms with Crippen LogP contribution in [0.5, 0.6) is 0 Å². The average Bonchev–Trinajstić information content (AvgIpc) is 3.44. The van der Waals surface area contributed by atoms with Crippen LogP contribution in [0.25, 0.3) is 99.4 Å². The number of rotatable bonds is 10. The lowest BCUT2D eigenvalue weighted by molar-refractivity contribution is 1.28. The largest absolute Gasteiger partial charge is 0.310 e. The van der Waals surface area contributed by atoms with E-state index in [4.69, 9.17) is 0 Å². The maximum absolute atomic E-state index is 2.38. The third-order valence-corrected chi connectivity index (χ3v) is 13.5. The van der Waals surface area contributed by atoms with Gasteiger partial charge in [-0.25, -0.2) is 0 Å². The first kappa shape index (κ1) is 41.4. The standard InChI is InChI=1S/C68H47N/c1-6-20-48(21-7-1)55-30-18-31-59(46-55)69(57-41-36-51(37-42-57)60-45-40-56(49-22-8-2-9-23-49)47-65(60)50-24-10-3-11-25-50)58-43-38-52(39-44-58)61-34-19-35-64-67(54-28-14-5-15-29-54)66(53-26-12-4-13-27-53)62-32-16-17-33-63(62)68(61)64/h1-47H. The third-order valence-electron chi connectivity index (χ3n) is 13.5. The summed E-state index contributed by atoms with van der Waals surface area (Å²) in [4.78, 5) is 2.38. The Balaban J connectivity index is 0.989. The van der Waals surface area contributed by atoms with Crippen LogP contribution in [0.2, 0.25) is 0 Å². The van der Waals surface area contributed by atoms with E-state index in [9.17, 15) is 0 Å². The zero-order valence-corrected chi connectivity index (χ0v) is 38.1. The maximum atomic E-state index is 2.38. The van der Waals surface area contributed by atoms with Gasteiger partial charge in [0.25, 0.3) is 0 Å². The number of anilines is 3. The summed E-state index contributed by atoms with van der Waals surface area (Å²) in [5, 5.41) is 4.99. The van der Waals surface area contributed by atoms with Crippen LogP contribution in [0, 0.1) is 0 Å². The first-order chi connectivity index (χ1) is 34.2. The molecule has 69 heavy (non-hydrogen) atoms. The van der Waals surface area contributed by atoms with E-state index in [0.717, 1.165) is 17.1 Å². The van der Waals surface area contributed by atoms with Crippen LogP contribution in [0.3, 0.4) is 0 Å². The van der Waals surface area contributed by atoms with Crippen LogP contribution in [-0.2, 0) is 0 Å². The molecule has 12 aromatic carbocycles. The third kappa shape index (κ3) is 7.97. The Morgan fingerprint density at radius 3 is 1.14 bits per heavy atom. The molecule has 0 radical (unpaired) electrons. The van der Waals surface area contributed by atoms with Gasteiger partial charge in [0, 0.05) is 17.1 Å². The summed E-state index contributed by atoms with van der Waals surface area (Å²) in [5.41, 5.74) is 20.1. The molecule has 0 fully saturated rings. The van der Waals surface area contributed by atoms with Crippen LogP contribution in [0.1, 0.15) is 0 Å². The fraction of sp³-hybridized carbons (Fsp3) is 0. The average molecular weight is 878 g/mol. The van der Waals surface area contributed by atoms with Gasteiger partial charge in [-0.3, -0.25) is 0 Å². The van der Waals surface area contributed by atoms with E-state index in [2.05, 4.69) is 290 Å². The Kier molecular flexibility index (Phi) is 11.0. The molecule has 0 saturated heterocycles. The molecule has 0 heterocycles. The molecule has 0 aliphatic rings. The number of nitrogens with zero attached hydrogens (tertiary/aromatic N) is 1. The van der Waals surface area contributed by atoms with Crippen molar-refractivity contribution in [2.75, 3.05) is 4.90 Å². The number of fused-ring (bicyclic) bond motifs is 3. The van der Waals surface area contributed by atoms with Crippen LogP contribution in [-0.4, -0.2) is 0 Å². The molecule has 12 aromatic rings. The van der Waals surface area contributed by atoms with E-state index in [1.165, 1.54) is 99.4 Å². The van der Waals surface area contributed by atoms with Crippen molar-refractivity contribution in [3.63, 3.8) is 0 Å². The van der Waals surface area contributed by atoms with Gasteiger partial charge >= 0.3 is 0 Å². The van der Waals surface area contributed by atoms with Gasteiger partial charge in [0.05, 0.1) is 0 Å². The predicted molar refractivity (Wildman–Crippen MR) is 294 cm³/mol. The topological polar surface area (TPSA) is 3.24 Å². The van der Waals surface area contributed by atoms with E-state index >= 15 is 0 Å². The lowest BCUT2D eigenvalue weighted by Crippen LogP contribution is -2.10. The molecule has 0 amide bonds. The number of hydrogen-bond donors (Lipinski definition) is 0. The van der Waals surface area contributed by atoms with E-state index in [-0.39, 0.29) is 0 Å². The van der Waals surface area contributed by atoms with E-state index in [1.807, 2.05) is 0 Å². The SMILES string of the molecule is c1ccc(-c2cccc(N(c3ccc(-c4ccc(-c5ccccc5)cc4-c4ccccc4)cc3)c3ccc(-c4cccc5c(-c6ccccc6)c(-c6ccccc6)c6ccccc6c45)cc3)c2)cc1. The first-order valence-electron chi connectivity index (χ1n) is 23.7. The van der Waals surface area contributed by atoms with Gasteiger partial charge in [0.15, 0.2) is 0 Å². The Hall–Kier alpha value is -9.04. The highest BCUT2D eigenvalue weighted by molar-refractivity contribution is 6.25. The highest BCUT2D eigenvalue weighted by Gasteiger charge is 2.21. The maximum Gasteiger partial charge on any atom is 0.0467 e. The minimum Gasteiger partial charge on any atom is -0.310 e. The molecular formula is C68H47N. The van der Waals surface area contributed by atoms with E-state index in [0.29, 0.717) is 0 Å². The Bertz CT molecular complexity index is 3720. The van der Waals surface area contributed by atoms with Gasteiger partial charge in [-0.15, -0.1) is 0 Å². The van der Waals surface area contributed by atoms with Gasteiger partial charge in [0.1, 0.15) is 0 Å². The fourth-order valence-corrected chi connectivity index (χ4v) is 10.2. The normalized spacial score (nSPS) is 11.2. The van der Waals surface area contributed by atoms with Crippen molar-refractivity contribution >= 4 is 38.6 Å². The monoisotopic (exact) mass is 877 g/mol. The molecule has 0 bridgehead atoms. The summed E-state index contributed by atoms with van der Waals surface area (Å²) in [5.74, 6) is 0. The molecular weight excluding hydrogens is 831 g/mol. The van der Waals surface area contributed by atoms with E-state index < -0.39 is 0 Å². The predicted octanol–water partition coefficient (Wildman–Crippen LogP) is 19.1. The smallest absolute Gasteiger partial charge is 0.0467 e. The van der Waals surface area contributed by atoms with Crippen LogP contribution < -0.4 is 4.90 Å². The molecule has 0 aromatic heterocycles. The summed E-state index contributed by atoms with van der Waals surface area (Å²) >= 11 is 0.